The molecule has 4 nitrogen and oxygen atoms in total. The van der Waals surface area contributed by atoms with Gasteiger partial charge in [-0.25, -0.2) is 0 Å². The van der Waals surface area contributed by atoms with Gasteiger partial charge < -0.3 is 15.6 Å². The maximum Gasteiger partial charge on any atom is 1.00 e. The maximum atomic E-state index is 12.4. The van der Waals surface area contributed by atoms with Crippen LogP contribution in [0.25, 0.3) is 0 Å². The number of ketones is 1. The van der Waals surface area contributed by atoms with E-state index in [0.29, 0.717) is 16.7 Å². The standard InChI is InChI=1S/C16H15NO3.Na/c1-10-7-8-12(15(17)13(10)9-14(18)19)16(20)11-5-3-2-4-6-11;/h2-8H,9,17H2,1H3,(H,18,19);/q;+1/p-1. The predicted octanol–water partition coefficient (Wildman–Crippen LogP) is -1.90. The van der Waals surface area contributed by atoms with Gasteiger partial charge in [0, 0.05) is 29.2 Å². The molecular weight excluding hydrogens is 277 g/mol. The fourth-order valence-corrected chi connectivity index (χ4v) is 2.10. The number of carboxylic acids is 1. The van der Waals surface area contributed by atoms with Crippen molar-refractivity contribution in [3.8, 4) is 0 Å². The first-order valence-corrected chi connectivity index (χ1v) is 6.18. The van der Waals surface area contributed by atoms with Crippen LogP contribution in [0.3, 0.4) is 0 Å². The molecule has 0 unspecified atom stereocenters. The largest absolute Gasteiger partial charge is 1.00 e. The van der Waals surface area contributed by atoms with E-state index in [1.807, 2.05) is 6.07 Å². The van der Waals surface area contributed by atoms with Crippen LogP contribution in [0, 0.1) is 6.92 Å². The Balaban J connectivity index is 0.00000220. The van der Waals surface area contributed by atoms with Gasteiger partial charge in [-0.15, -0.1) is 0 Å². The van der Waals surface area contributed by atoms with E-state index in [-0.39, 0.29) is 47.4 Å². The first-order valence-electron chi connectivity index (χ1n) is 6.18. The number of anilines is 1. The van der Waals surface area contributed by atoms with Crippen molar-refractivity contribution in [2.45, 2.75) is 13.3 Å². The summed E-state index contributed by atoms with van der Waals surface area (Å²) in [5.41, 5.74) is 8.17. The van der Waals surface area contributed by atoms with Crippen LogP contribution in [0.15, 0.2) is 42.5 Å². The molecule has 2 aromatic rings. The van der Waals surface area contributed by atoms with Gasteiger partial charge in [-0.2, -0.15) is 0 Å². The fraction of sp³-hybridized carbons (Fsp3) is 0.125. The van der Waals surface area contributed by atoms with Crippen LogP contribution in [-0.2, 0) is 11.2 Å². The predicted molar refractivity (Wildman–Crippen MR) is 74.2 cm³/mol. The van der Waals surface area contributed by atoms with Crippen molar-refractivity contribution in [2.75, 3.05) is 5.73 Å². The number of aryl methyl sites for hydroxylation is 1. The van der Waals surface area contributed by atoms with Crippen LogP contribution >= 0.6 is 0 Å². The number of hydrogen-bond acceptors (Lipinski definition) is 4. The average molecular weight is 291 g/mol. The van der Waals surface area contributed by atoms with Gasteiger partial charge in [-0.1, -0.05) is 36.4 Å². The van der Waals surface area contributed by atoms with Gasteiger partial charge in [0.2, 0.25) is 0 Å². The van der Waals surface area contributed by atoms with Crippen molar-refractivity contribution in [3.63, 3.8) is 0 Å². The van der Waals surface area contributed by atoms with E-state index < -0.39 is 5.97 Å². The molecule has 21 heavy (non-hydrogen) atoms. The Morgan fingerprint density at radius 3 is 2.29 bits per heavy atom. The minimum Gasteiger partial charge on any atom is -0.550 e. The molecule has 0 saturated heterocycles. The van der Waals surface area contributed by atoms with Gasteiger partial charge in [-0.3, -0.25) is 4.79 Å². The Morgan fingerprint density at radius 2 is 1.71 bits per heavy atom. The third-order valence-corrected chi connectivity index (χ3v) is 3.19. The monoisotopic (exact) mass is 291 g/mol. The molecule has 0 saturated carbocycles. The Kier molecular flexibility index (Phi) is 6.15. The van der Waals surface area contributed by atoms with Crippen molar-refractivity contribution in [1.29, 1.82) is 0 Å². The Bertz CT molecular complexity index is 669. The first-order chi connectivity index (χ1) is 9.50. The molecule has 0 amide bonds. The van der Waals surface area contributed by atoms with Crippen molar-refractivity contribution in [1.82, 2.24) is 0 Å². The first kappa shape index (κ1) is 17.4. The fourth-order valence-electron chi connectivity index (χ4n) is 2.10. The second kappa shape index (κ2) is 7.41. The summed E-state index contributed by atoms with van der Waals surface area (Å²) >= 11 is 0. The molecule has 0 aliphatic heterocycles. The zero-order valence-corrected chi connectivity index (χ0v) is 14.1. The van der Waals surface area contributed by atoms with Crippen molar-refractivity contribution in [2.24, 2.45) is 0 Å². The van der Waals surface area contributed by atoms with E-state index in [9.17, 15) is 14.7 Å². The summed E-state index contributed by atoms with van der Waals surface area (Å²) in [6, 6.07) is 12.1. The molecule has 0 bridgehead atoms. The van der Waals surface area contributed by atoms with E-state index in [4.69, 9.17) is 5.73 Å². The molecule has 0 aliphatic carbocycles. The quantitative estimate of drug-likeness (QED) is 0.405. The molecule has 0 aromatic heterocycles. The van der Waals surface area contributed by atoms with Gasteiger partial charge in [-0.05, 0) is 24.1 Å². The summed E-state index contributed by atoms with van der Waals surface area (Å²) in [5.74, 6) is -1.44. The van der Waals surface area contributed by atoms with Crippen LogP contribution in [-0.4, -0.2) is 11.8 Å². The number of carbonyl (C=O) groups is 2. The zero-order chi connectivity index (χ0) is 14.7. The molecular formula is C16H14NNaO3. The Labute approximate surface area is 145 Å². The van der Waals surface area contributed by atoms with Gasteiger partial charge in [0.15, 0.2) is 5.78 Å². The van der Waals surface area contributed by atoms with E-state index in [2.05, 4.69) is 0 Å². The summed E-state index contributed by atoms with van der Waals surface area (Å²) in [6.07, 6.45) is -0.298. The minimum atomic E-state index is -1.22. The zero-order valence-electron chi connectivity index (χ0n) is 12.1. The molecule has 0 fully saturated rings. The van der Waals surface area contributed by atoms with E-state index >= 15 is 0 Å². The second-order valence-corrected chi connectivity index (χ2v) is 4.57. The van der Waals surface area contributed by atoms with Crippen molar-refractivity contribution < 1.29 is 44.3 Å². The van der Waals surface area contributed by atoms with Crippen LogP contribution in [0.1, 0.15) is 27.0 Å². The molecule has 0 atom stereocenters. The third-order valence-electron chi connectivity index (χ3n) is 3.19. The summed E-state index contributed by atoms with van der Waals surface area (Å²) in [4.78, 5) is 23.1. The molecule has 2 aromatic carbocycles. The van der Waals surface area contributed by atoms with Crippen molar-refractivity contribution >= 4 is 17.4 Å². The smallest absolute Gasteiger partial charge is 0.550 e. The molecule has 0 spiro atoms. The van der Waals surface area contributed by atoms with Crippen LogP contribution in [0.5, 0.6) is 0 Å². The number of carboxylic acid groups (broad SMARTS) is 1. The molecule has 0 heterocycles. The van der Waals surface area contributed by atoms with Crippen LogP contribution in [0.2, 0.25) is 0 Å². The van der Waals surface area contributed by atoms with E-state index in [0.717, 1.165) is 5.56 Å². The normalized spacial score (nSPS) is 9.76. The van der Waals surface area contributed by atoms with E-state index in [1.165, 1.54) is 0 Å². The summed E-state index contributed by atoms with van der Waals surface area (Å²) in [5, 5.41) is 10.8. The third kappa shape index (κ3) is 3.94. The number of nitrogens with two attached hydrogens (primary N) is 1. The summed E-state index contributed by atoms with van der Waals surface area (Å²) < 4.78 is 0. The minimum absolute atomic E-state index is 0. The van der Waals surface area contributed by atoms with Crippen LogP contribution < -0.4 is 40.4 Å². The Morgan fingerprint density at radius 1 is 1.10 bits per heavy atom. The van der Waals surface area contributed by atoms with Gasteiger partial charge >= 0.3 is 29.6 Å². The second-order valence-electron chi connectivity index (χ2n) is 4.57. The molecule has 2 N–H and O–H groups in total. The Hall–Kier alpha value is -1.62. The van der Waals surface area contributed by atoms with Gasteiger partial charge in [0.1, 0.15) is 0 Å². The SMILES string of the molecule is Cc1ccc(C(=O)c2ccccc2)c(N)c1CC(=O)[O-].[Na+]. The summed E-state index contributed by atoms with van der Waals surface area (Å²) in [6.45, 7) is 1.76. The van der Waals surface area contributed by atoms with Gasteiger partial charge in [0.25, 0.3) is 0 Å². The topological polar surface area (TPSA) is 83.2 Å². The van der Waals surface area contributed by atoms with E-state index in [1.54, 1.807) is 43.3 Å². The number of benzene rings is 2. The van der Waals surface area contributed by atoms with Gasteiger partial charge in [0.05, 0.1) is 0 Å². The molecule has 2 rings (SSSR count). The molecule has 0 aliphatic rings. The number of hydrogen-bond donors (Lipinski definition) is 1. The average Bonchev–Trinajstić information content (AvgIpc) is 2.43. The maximum absolute atomic E-state index is 12.4. The molecule has 102 valence electrons. The van der Waals surface area contributed by atoms with Crippen molar-refractivity contribution in [3.05, 3.63) is 64.7 Å². The number of aliphatic carboxylic acids is 1. The number of rotatable bonds is 4. The number of carbonyl (C=O) groups excluding carboxylic acids is 2. The molecule has 5 heteroatoms. The summed E-state index contributed by atoms with van der Waals surface area (Å²) in [7, 11) is 0. The molecule has 0 radical (unpaired) electrons. The van der Waals surface area contributed by atoms with Crippen LogP contribution in [0.4, 0.5) is 5.69 Å². The number of nitrogen functional groups attached to an aromatic ring is 1.